The highest BCUT2D eigenvalue weighted by atomic mass is 16.4. The monoisotopic (exact) mass is 324 g/mol. The Morgan fingerprint density at radius 1 is 0.960 bits per heavy atom. The van der Waals surface area contributed by atoms with Gasteiger partial charge in [-0.3, -0.25) is 4.57 Å². The van der Waals surface area contributed by atoms with Crippen LogP contribution < -0.4 is 0 Å². The summed E-state index contributed by atoms with van der Waals surface area (Å²) < 4.78 is 7.68. The van der Waals surface area contributed by atoms with Gasteiger partial charge in [-0.2, -0.15) is 10.5 Å². The molecule has 4 aromatic rings. The molecule has 5 nitrogen and oxygen atoms in total. The summed E-state index contributed by atoms with van der Waals surface area (Å²) in [5.41, 5.74) is 3.45. The van der Waals surface area contributed by atoms with Crippen LogP contribution in [0.25, 0.3) is 28.2 Å². The first-order chi connectivity index (χ1) is 12.3. The van der Waals surface area contributed by atoms with Crippen molar-refractivity contribution in [2.24, 2.45) is 0 Å². The Kier molecular flexibility index (Phi) is 3.53. The average molecular weight is 324 g/mol. The Balaban J connectivity index is 1.77. The maximum Gasteiger partial charge on any atom is 0.220 e. The Morgan fingerprint density at radius 2 is 1.76 bits per heavy atom. The van der Waals surface area contributed by atoms with Crippen LogP contribution in [0.5, 0.6) is 0 Å². The molecule has 0 spiro atoms. The SMILES string of the molecule is N#CCc1ccc(-c2ccc(-n3c(C#N)nc4ccccc43)o2)cc1. The zero-order valence-electron chi connectivity index (χ0n) is 13.2. The third-order valence-electron chi connectivity index (χ3n) is 3.99. The number of imidazole rings is 1. The molecule has 0 saturated heterocycles. The van der Waals surface area contributed by atoms with Crippen molar-refractivity contribution in [3.63, 3.8) is 0 Å². The molecule has 0 saturated carbocycles. The van der Waals surface area contributed by atoms with Crippen LogP contribution in [0, 0.1) is 22.7 Å². The molecule has 0 fully saturated rings. The third-order valence-corrected chi connectivity index (χ3v) is 3.99. The van der Waals surface area contributed by atoms with Crippen molar-refractivity contribution in [1.82, 2.24) is 9.55 Å². The van der Waals surface area contributed by atoms with Crippen LogP contribution in [0.2, 0.25) is 0 Å². The molecule has 0 atom stereocenters. The predicted octanol–water partition coefficient (Wildman–Crippen LogP) is 4.22. The second-order valence-corrected chi connectivity index (χ2v) is 5.54. The van der Waals surface area contributed by atoms with Crippen molar-refractivity contribution < 1.29 is 4.42 Å². The van der Waals surface area contributed by atoms with E-state index in [9.17, 15) is 5.26 Å². The van der Waals surface area contributed by atoms with Gasteiger partial charge in [0.1, 0.15) is 11.8 Å². The van der Waals surface area contributed by atoms with Crippen LogP contribution in [-0.4, -0.2) is 9.55 Å². The molecule has 0 bridgehead atoms. The van der Waals surface area contributed by atoms with Crippen LogP contribution in [-0.2, 0) is 6.42 Å². The molecular formula is C20H12N4O. The molecule has 0 N–H and O–H groups in total. The van der Waals surface area contributed by atoms with Gasteiger partial charge in [0.2, 0.25) is 11.7 Å². The maximum absolute atomic E-state index is 9.38. The zero-order valence-corrected chi connectivity index (χ0v) is 13.2. The van der Waals surface area contributed by atoms with Gasteiger partial charge in [-0.1, -0.05) is 36.4 Å². The van der Waals surface area contributed by atoms with Crippen molar-refractivity contribution in [1.29, 1.82) is 10.5 Å². The van der Waals surface area contributed by atoms with Gasteiger partial charge in [-0.15, -0.1) is 0 Å². The van der Waals surface area contributed by atoms with Crippen molar-refractivity contribution in [3.8, 4) is 29.3 Å². The van der Waals surface area contributed by atoms with Crippen LogP contribution in [0.4, 0.5) is 0 Å². The van der Waals surface area contributed by atoms with Gasteiger partial charge in [0, 0.05) is 11.6 Å². The number of benzene rings is 2. The summed E-state index contributed by atoms with van der Waals surface area (Å²) in [5.74, 6) is 1.52. The Morgan fingerprint density at radius 3 is 2.52 bits per heavy atom. The Bertz CT molecular complexity index is 1140. The number of fused-ring (bicyclic) bond motifs is 1. The second-order valence-electron chi connectivity index (χ2n) is 5.54. The van der Waals surface area contributed by atoms with E-state index in [0.29, 0.717) is 18.1 Å². The van der Waals surface area contributed by atoms with Gasteiger partial charge >= 0.3 is 0 Å². The Labute approximate surface area is 144 Å². The minimum Gasteiger partial charge on any atom is -0.440 e. The van der Waals surface area contributed by atoms with E-state index < -0.39 is 0 Å². The summed E-state index contributed by atoms with van der Waals surface area (Å²) in [6.45, 7) is 0. The van der Waals surface area contributed by atoms with Gasteiger partial charge in [-0.25, -0.2) is 4.98 Å². The number of para-hydroxylation sites is 2. The van der Waals surface area contributed by atoms with Crippen LogP contribution in [0.15, 0.2) is 65.1 Å². The normalized spacial score (nSPS) is 10.5. The topological polar surface area (TPSA) is 78.5 Å². The molecule has 2 aromatic carbocycles. The van der Waals surface area contributed by atoms with E-state index in [4.69, 9.17) is 9.68 Å². The summed E-state index contributed by atoms with van der Waals surface area (Å²) >= 11 is 0. The highest BCUT2D eigenvalue weighted by molar-refractivity contribution is 5.78. The fraction of sp³-hybridized carbons (Fsp3) is 0.0500. The summed E-state index contributed by atoms with van der Waals surface area (Å²) in [5, 5.41) is 18.1. The number of hydrogen-bond acceptors (Lipinski definition) is 4. The van der Waals surface area contributed by atoms with E-state index in [1.54, 1.807) is 4.57 Å². The molecule has 0 aliphatic heterocycles. The van der Waals surface area contributed by atoms with Crippen molar-refractivity contribution in [2.45, 2.75) is 6.42 Å². The van der Waals surface area contributed by atoms with E-state index in [0.717, 1.165) is 22.2 Å². The van der Waals surface area contributed by atoms with E-state index in [2.05, 4.69) is 17.1 Å². The summed E-state index contributed by atoms with van der Waals surface area (Å²) in [6, 6.07) is 23.2. The highest BCUT2D eigenvalue weighted by Crippen LogP contribution is 2.28. The number of furan rings is 1. The molecule has 5 heteroatoms. The average Bonchev–Trinajstić information content (AvgIpc) is 3.26. The van der Waals surface area contributed by atoms with E-state index in [1.807, 2.05) is 60.7 Å². The lowest BCUT2D eigenvalue weighted by Crippen LogP contribution is -1.95. The lowest BCUT2D eigenvalue weighted by Gasteiger charge is -2.02. The molecule has 2 aromatic heterocycles. The van der Waals surface area contributed by atoms with Gasteiger partial charge in [-0.05, 0) is 23.8 Å². The summed E-state index contributed by atoms with van der Waals surface area (Å²) in [7, 11) is 0. The molecule has 0 aliphatic rings. The molecule has 0 unspecified atom stereocenters. The quantitative estimate of drug-likeness (QED) is 0.565. The van der Waals surface area contributed by atoms with Crippen LogP contribution in [0.3, 0.4) is 0 Å². The molecule has 0 aliphatic carbocycles. The maximum atomic E-state index is 9.38. The zero-order chi connectivity index (χ0) is 17.2. The summed E-state index contributed by atoms with van der Waals surface area (Å²) in [6.07, 6.45) is 0.385. The van der Waals surface area contributed by atoms with Crippen molar-refractivity contribution in [3.05, 3.63) is 72.1 Å². The number of hydrogen-bond donors (Lipinski definition) is 0. The van der Waals surface area contributed by atoms with Crippen LogP contribution >= 0.6 is 0 Å². The van der Waals surface area contributed by atoms with E-state index in [1.165, 1.54) is 0 Å². The smallest absolute Gasteiger partial charge is 0.220 e. The molecule has 2 heterocycles. The van der Waals surface area contributed by atoms with E-state index >= 15 is 0 Å². The molecule has 25 heavy (non-hydrogen) atoms. The summed E-state index contributed by atoms with van der Waals surface area (Å²) in [4.78, 5) is 4.33. The first-order valence-corrected chi connectivity index (χ1v) is 7.74. The fourth-order valence-electron chi connectivity index (χ4n) is 2.81. The Hall–Kier alpha value is -3.83. The standard InChI is InChI=1S/C20H12N4O/c21-12-11-14-5-7-15(8-6-14)18-9-10-20(25-18)24-17-4-2-1-3-16(17)23-19(24)13-22/h1-10H,11H2. The van der Waals surface area contributed by atoms with Gasteiger partial charge in [0.15, 0.2) is 0 Å². The predicted molar refractivity (Wildman–Crippen MR) is 92.8 cm³/mol. The lowest BCUT2D eigenvalue weighted by atomic mass is 10.1. The van der Waals surface area contributed by atoms with Crippen LogP contribution in [0.1, 0.15) is 11.4 Å². The number of nitriles is 2. The first-order valence-electron chi connectivity index (χ1n) is 7.74. The molecular weight excluding hydrogens is 312 g/mol. The van der Waals surface area contributed by atoms with Crippen molar-refractivity contribution in [2.75, 3.05) is 0 Å². The van der Waals surface area contributed by atoms with Crippen molar-refractivity contribution >= 4 is 11.0 Å². The molecule has 0 amide bonds. The number of aromatic nitrogens is 2. The molecule has 118 valence electrons. The number of rotatable bonds is 3. The second kappa shape index (κ2) is 5.99. The highest BCUT2D eigenvalue weighted by Gasteiger charge is 2.15. The third kappa shape index (κ3) is 2.54. The minimum atomic E-state index is 0.284. The fourth-order valence-corrected chi connectivity index (χ4v) is 2.81. The number of nitrogens with zero attached hydrogens (tertiary/aromatic N) is 4. The van der Waals surface area contributed by atoms with Gasteiger partial charge < -0.3 is 4.42 Å². The molecule has 4 rings (SSSR count). The molecule has 0 radical (unpaired) electrons. The first kappa shape index (κ1) is 14.7. The minimum absolute atomic E-state index is 0.284. The van der Waals surface area contributed by atoms with E-state index in [-0.39, 0.29) is 5.82 Å². The van der Waals surface area contributed by atoms with Gasteiger partial charge in [0.25, 0.3) is 0 Å². The lowest BCUT2D eigenvalue weighted by molar-refractivity contribution is 0.554. The largest absolute Gasteiger partial charge is 0.440 e. The van der Waals surface area contributed by atoms with Gasteiger partial charge in [0.05, 0.1) is 23.5 Å².